The van der Waals surface area contributed by atoms with Crippen LogP contribution in [0, 0.1) is 5.92 Å². The summed E-state index contributed by atoms with van der Waals surface area (Å²) in [5.74, 6) is -0.493. The Balaban J connectivity index is 1.66. The summed E-state index contributed by atoms with van der Waals surface area (Å²) in [6, 6.07) is 11.1. The van der Waals surface area contributed by atoms with Crippen molar-refractivity contribution >= 4 is 47.6 Å². The van der Waals surface area contributed by atoms with Crippen LogP contribution in [0.25, 0.3) is 0 Å². The molecular weight excluding hydrogens is 558 g/mol. The van der Waals surface area contributed by atoms with Crippen LogP contribution in [0.4, 0.5) is 5.69 Å². The first-order chi connectivity index (χ1) is 16.4. The van der Waals surface area contributed by atoms with Gasteiger partial charge >= 0.3 is 0 Å². The first kappa shape index (κ1) is 27.6. The summed E-state index contributed by atoms with van der Waals surface area (Å²) < 4.78 is 60.8. The van der Waals surface area contributed by atoms with Crippen molar-refractivity contribution in [3.8, 4) is 5.75 Å². The van der Waals surface area contributed by atoms with Crippen LogP contribution in [0.3, 0.4) is 0 Å². The normalized spacial score (nSPS) is 15.8. The molecule has 0 aromatic heterocycles. The number of benzene rings is 2. The predicted molar refractivity (Wildman–Crippen MR) is 138 cm³/mol. The van der Waals surface area contributed by atoms with E-state index in [1.165, 1.54) is 29.6 Å². The molecule has 2 aromatic carbocycles. The third-order valence-corrected chi connectivity index (χ3v) is 9.59. The predicted octanol–water partition coefficient (Wildman–Crippen LogP) is 3.32. The smallest absolute Gasteiger partial charge is 0.240 e. The molecule has 0 bridgehead atoms. The van der Waals surface area contributed by atoms with Crippen LogP contribution in [-0.2, 0) is 30.6 Å². The van der Waals surface area contributed by atoms with E-state index in [2.05, 4.69) is 26.0 Å². The molecule has 0 saturated carbocycles. The lowest BCUT2D eigenvalue weighted by molar-refractivity contribution is -0.120. The Bertz CT molecular complexity index is 1270. The number of sulfonamides is 2. The van der Waals surface area contributed by atoms with Gasteiger partial charge in [0, 0.05) is 29.5 Å². The summed E-state index contributed by atoms with van der Waals surface area (Å²) in [4.78, 5) is 13.0. The minimum atomic E-state index is -3.75. The zero-order valence-electron chi connectivity index (χ0n) is 19.8. The summed E-state index contributed by atoms with van der Waals surface area (Å²) in [6.45, 7) is 3.90. The highest BCUT2D eigenvalue weighted by Crippen LogP contribution is 2.30. The fraction of sp³-hybridized carbons (Fsp3) is 0.435. The highest BCUT2D eigenvalue weighted by atomic mass is 79.9. The summed E-state index contributed by atoms with van der Waals surface area (Å²) in [5.41, 5.74) is 0.932. The first-order valence-corrected chi connectivity index (χ1v) is 15.0. The maximum Gasteiger partial charge on any atom is 0.240 e. The standard InChI is InChI=1S/C23H30BrN3O6S2/c1-16(2)26-35(31,32)20-7-8-22(33-3)21(14-20)25-23(28)18-9-11-27(12-10-18)34(29,30)15-17-5-4-6-19(24)13-17/h4-8,13-14,16,18,26H,9-12,15H2,1-3H3,(H,25,28). The molecule has 0 radical (unpaired) electrons. The van der Waals surface area contributed by atoms with E-state index in [0.29, 0.717) is 24.2 Å². The van der Waals surface area contributed by atoms with Crippen molar-refractivity contribution in [2.75, 3.05) is 25.5 Å². The Morgan fingerprint density at radius 1 is 1.11 bits per heavy atom. The third kappa shape index (κ3) is 7.26. The number of rotatable bonds is 9. The van der Waals surface area contributed by atoms with Crippen molar-refractivity contribution in [2.45, 2.75) is 43.4 Å². The highest BCUT2D eigenvalue weighted by molar-refractivity contribution is 9.10. The van der Waals surface area contributed by atoms with Gasteiger partial charge in [-0.05, 0) is 62.6 Å². The molecule has 2 N–H and O–H groups in total. The second-order valence-electron chi connectivity index (χ2n) is 8.69. The fourth-order valence-corrected chi connectivity index (χ4v) is 7.16. The minimum absolute atomic E-state index is 0.00996. The fourth-order valence-electron chi connectivity index (χ4n) is 3.89. The van der Waals surface area contributed by atoms with Crippen molar-refractivity contribution in [1.82, 2.24) is 9.03 Å². The molecule has 1 saturated heterocycles. The number of carbonyl (C=O) groups excluding carboxylic acids is 1. The zero-order chi connectivity index (χ0) is 25.8. The Hall–Kier alpha value is -1.99. The number of nitrogens with zero attached hydrogens (tertiary/aromatic N) is 1. The second kappa shape index (κ2) is 11.4. The Kier molecular flexibility index (Phi) is 8.97. The van der Waals surface area contributed by atoms with Gasteiger partial charge in [-0.25, -0.2) is 25.9 Å². The molecule has 12 heteroatoms. The zero-order valence-corrected chi connectivity index (χ0v) is 23.0. The van der Waals surface area contributed by atoms with Crippen molar-refractivity contribution in [1.29, 1.82) is 0 Å². The number of amides is 1. The van der Waals surface area contributed by atoms with E-state index in [4.69, 9.17) is 4.74 Å². The van der Waals surface area contributed by atoms with Crippen molar-refractivity contribution in [3.05, 3.63) is 52.5 Å². The maximum atomic E-state index is 13.0. The number of ether oxygens (including phenoxy) is 1. The highest BCUT2D eigenvalue weighted by Gasteiger charge is 2.31. The summed E-state index contributed by atoms with van der Waals surface area (Å²) in [7, 11) is -5.84. The van der Waals surface area contributed by atoms with E-state index in [1.54, 1.807) is 32.0 Å². The molecule has 0 atom stereocenters. The Morgan fingerprint density at radius 3 is 2.40 bits per heavy atom. The van der Waals surface area contributed by atoms with E-state index in [-0.39, 0.29) is 41.4 Å². The molecule has 35 heavy (non-hydrogen) atoms. The number of piperidine rings is 1. The molecule has 9 nitrogen and oxygen atoms in total. The number of anilines is 1. The summed E-state index contributed by atoms with van der Waals surface area (Å²) in [5, 5.41) is 2.77. The topological polar surface area (TPSA) is 122 Å². The van der Waals surface area contributed by atoms with Gasteiger partial charge in [0.25, 0.3) is 0 Å². The van der Waals surface area contributed by atoms with Gasteiger partial charge in [-0.3, -0.25) is 4.79 Å². The minimum Gasteiger partial charge on any atom is -0.495 e. The number of halogens is 1. The lowest BCUT2D eigenvalue weighted by atomic mass is 9.97. The molecule has 2 aromatic rings. The summed E-state index contributed by atoms with van der Waals surface area (Å²) in [6.07, 6.45) is 0.720. The molecule has 1 heterocycles. The molecule has 0 unspecified atom stereocenters. The average Bonchev–Trinajstić information content (AvgIpc) is 2.78. The molecule has 1 aliphatic rings. The second-order valence-corrected chi connectivity index (χ2v) is 13.3. The molecule has 192 valence electrons. The van der Waals surface area contributed by atoms with Gasteiger partial charge in [0.1, 0.15) is 5.75 Å². The van der Waals surface area contributed by atoms with Crippen molar-refractivity contribution in [3.63, 3.8) is 0 Å². The van der Waals surface area contributed by atoms with Crippen LogP contribution < -0.4 is 14.8 Å². The van der Waals surface area contributed by atoms with Crippen LogP contribution in [0.5, 0.6) is 5.75 Å². The molecule has 3 rings (SSSR count). The number of hydrogen-bond donors (Lipinski definition) is 2. The number of nitrogens with one attached hydrogen (secondary N) is 2. The summed E-state index contributed by atoms with van der Waals surface area (Å²) >= 11 is 3.35. The van der Waals surface area contributed by atoms with Crippen LogP contribution in [0.1, 0.15) is 32.3 Å². The monoisotopic (exact) mass is 587 g/mol. The van der Waals surface area contributed by atoms with E-state index < -0.39 is 26.0 Å². The van der Waals surface area contributed by atoms with Gasteiger partial charge in [-0.2, -0.15) is 0 Å². The van der Waals surface area contributed by atoms with E-state index in [0.717, 1.165) is 4.47 Å². The molecule has 0 aliphatic carbocycles. The van der Waals surface area contributed by atoms with Gasteiger partial charge in [0.05, 0.1) is 23.4 Å². The number of hydrogen-bond acceptors (Lipinski definition) is 6. The molecule has 1 aliphatic heterocycles. The van der Waals surface area contributed by atoms with Gasteiger partial charge in [0.2, 0.25) is 26.0 Å². The lowest BCUT2D eigenvalue weighted by Crippen LogP contribution is -2.41. The SMILES string of the molecule is COc1ccc(S(=O)(=O)NC(C)C)cc1NC(=O)C1CCN(S(=O)(=O)Cc2cccc(Br)c2)CC1. The van der Waals surface area contributed by atoms with E-state index in [1.807, 2.05) is 6.07 Å². The van der Waals surface area contributed by atoms with E-state index >= 15 is 0 Å². The van der Waals surface area contributed by atoms with Crippen LogP contribution in [0.15, 0.2) is 51.8 Å². The molecule has 1 amide bonds. The van der Waals surface area contributed by atoms with Crippen LogP contribution in [-0.4, -0.2) is 53.3 Å². The third-order valence-electron chi connectivity index (χ3n) is 5.59. The van der Waals surface area contributed by atoms with Crippen molar-refractivity contribution in [2.24, 2.45) is 5.92 Å². The molecule has 1 fully saturated rings. The van der Waals surface area contributed by atoms with Crippen molar-refractivity contribution < 1.29 is 26.4 Å². The quantitative estimate of drug-likeness (QED) is 0.464. The molecule has 0 spiro atoms. The number of methoxy groups -OCH3 is 1. The lowest BCUT2D eigenvalue weighted by Gasteiger charge is -2.30. The van der Waals surface area contributed by atoms with Gasteiger partial charge < -0.3 is 10.1 Å². The average molecular weight is 589 g/mol. The van der Waals surface area contributed by atoms with Crippen LogP contribution >= 0.6 is 15.9 Å². The maximum absolute atomic E-state index is 13.0. The van der Waals surface area contributed by atoms with Gasteiger partial charge in [-0.1, -0.05) is 28.1 Å². The Morgan fingerprint density at radius 2 is 1.80 bits per heavy atom. The van der Waals surface area contributed by atoms with E-state index in [9.17, 15) is 21.6 Å². The Labute approximate surface area is 215 Å². The van der Waals surface area contributed by atoms with Gasteiger partial charge in [0.15, 0.2) is 0 Å². The largest absolute Gasteiger partial charge is 0.495 e. The molecular formula is C23H30BrN3O6S2. The number of carbonyl (C=O) groups is 1. The van der Waals surface area contributed by atoms with Crippen LogP contribution in [0.2, 0.25) is 0 Å². The van der Waals surface area contributed by atoms with Gasteiger partial charge in [-0.15, -0.1) is 0 Å². The first-order valence-electron chi connectivity index (χ1n) is 11.1.